The summed E-state index contributed by atoms with van der Waals surface area (Å²) in [6.07, 6.45) is 3.68. The van der Waals surface area contributed by atoms with E-state index in [1.54, 1.807) is 0 Å². The van der Waals surface area contributed by atoms with Gasteiger partial charge in [0.05, 0.1) is 0 Å². The zero-order valence-corrected chi connectivity index (χ0v) is 32.1. The van der Waals surface area contributed by atoms with Gasteiger partial charge in [-0.2, -0.15) is 0 Å². The third-order valence-electron chi connectivity index (χ3n) is 7.59. The summed E-state index contributed by atoms with van der Waals surface area (Å²) in [7, 11) is 14.4. The number of halogens is 2. The van der Waals surface area contributed by atoms with Gasteiger partial charge in [0.2, 0.25) is 0 Å². The molecule has 0 unspecified atom stereocenters. The molecule has 0 atom stereocenters. The molecule has 0 fully saturated rings. The van der Waals surface area contributed by atoms with Crippen molar-refractivity contribution in [1.82, 2.24) is 0 Å². The minimum atomic E-state index is -4.83. The molecule has 0 N–H and O–H groups in total. The third-order valence-corrected chi connectivity index (χ3v) is 12.2. The Morgan fingerprint density at radius 1 is 0.535 bits per heavy atom. The molecule has 0 spiro atoms. The normalized spacial score (nSPS) is 15.6. The SMILES string of the molecule is CC(C)(C)c1cc2c(c(C(C)(C)C)c1)[O][Sn]([Cl])([Cl])[O]c1c(cc(C(C)(C)C)cc1C(C)(C)C)C=Nc1ccccc1N=C2. The molecule has 4 nitrogen and oxygen atoms in total. The number of para-hydroxylation sites is 2. The molecular weight excluding hydrogens is 682 g/mol. The Morgan fingerprint density at radius 2 is 0.884 bits per heavy atom. The van der Waals surface area contributed by atoms with E-state index in [0.29, 0.717) is 11.5 Å². The Kier molecular flexibility index (Phi) is 9.23. The topological polar surface area (TPSA) is 43.2 Å². The fourth-order valence-electron chi connectivity index (χ4n) is 4.92. The van der Waals surface area contributed by atoms with Gasteiger partial charge in [-0.25, -0.2) is 0 Å². The fraction of sp³-hybridized carbons (Fsp3) is 0.444. The van der Waals surface area contributed by atoms with Crippen LogP contribution in [0.15, 0.2) is 58.5 Å². The molecule has 0 amide bonds. The monoisotopic (exact) mass is 728 g/mol. The van der Waals surface area contributed by atoms with Gasteiger partial charge < -0.3 is 0 Å². The van der Waals surface area contributed by atoms with E-state index in [0.717, 1.165) is 33.6 Å². The first kappa shape index (κ1) is 33.9. The Hall–Kier alpha value is -2.02. The molecule has 0 bridgehead atoms. The molecule has 3 aromatic rings. The van der Waals surface area contributed by atoms with Crippen molar-refractivity contribution >= 4 is 58.6 Å². The average molecular weight is 728 g/mol. The quantitative estimate of drug-likeness (QED) is 0.216. The molecule has 1 aliphatic heterocycles. The Labute approximate surface area is 271 Å². The van der Waals surface area contributed by atoms with Crippen molar-refractivity contribution in [2.45, 2.75) is 105 Å². The Morgan fingerprint density at radius 3 is 1.19 bits per heavy atom. The van der Waals surface area contributed by atoms with Crippen molar-refractivity contribution in [3.05, 3.63) is 81.9 Å². The number of hydrogen-bond donors (Lipinski definition) is 0. The summed E-state index contributed by atoms with van der Waals surface area (Å²) in [5.41, 5.74) is 6.73. The zero-order valence-electron chi connectivity index (χ0n) is 27.7. The standard InChI is InChI=1S/C36H48N2O2.2ClH.Sn/c1-33(2,3)25-17-23(31(39)27(19-25)35(7,8)9)21-37-29-15-13-14-16-30(29)38-22-24-18-26(34(4,5)6)20-28(32(24)40)36(10,11)12;;;/h13-22,39-40H,1-12H3;2*1H;/q;;;+4/p-4. The molecule has 0 aromatic heterocycles. The van der Waals surface area contributed by atoms with E-state index < -0.39 is 17.0 Å². The van der Waals surface area contributed by atoms with Gasteiger partial charge in [-0.3, -0.25) is 0 Å². The summed E-state index contributed by atoms with van der Waals surface area (Å²) in [5.74, 6) is 1.24. The van der Waals surface area contributed by atoms with Gasteiger partial charge in [-0.15, -0.1) is 0 Å². The predicted molar refractivity (Wildman–Crippen MR) is 187 cm³/mol. The van der Waals surface area contributed by atoms with Crippen molar-refractivity contribution in [1.29, 1.82) is 0 Å². The van der Waals surface area contributed by atoms with E-state index in [9.17, 15) is 0 Å². The van der Waals surface area contributed by atoms with Gasteiger partial charge in [-0.05, 0) is 0 Å². The summed E-state index contributed by atoms with van der Waals surface area (Å²) >= 11 is -4.83. The van der Waals surface area contributed by atoms with Crippen LogP contribution in [-0.4, -0.2) is 29.4 Å². The zero-order chi connectivity index (χ0) is 32.2. The van der Waals surface area contributed by atoms with Crippen molar-refractivity contribution in [2.24, 2.45) is 9.98 Å². The first-order valence-corrected chi connectivity index (χ1v) is 24.4. The number of rotatable bonds is 0. The second-order valence-electron chi connectivity index (χ2n) is 15.6. The van der Waals surface area contributed by atoms with Crippen LogP contribution in [0.2, 0.25) is 0 Å². The molecule has 7 heteroatoms. The summed E-state index contributed by atoms with van der Waals surface area (Å²) in [5, 5.41) is 0. The summed E-state index contributed by atoms with van der Waals surface area (Å²) < 4.78 is 13.4. The van der Waals surface area contributed by atoms with Crippen molar-refractivity contribution in [3.8, 4) is 11.5 Å². The van der Waals surface area contributed by atoms with E-state index in [4.69, 9.17) is 34.0 Å². The molecule has 4 rings (SSSR count). The number of nitrogens with zero attached hydrogens (tertiary/aromatic N) is 2. The first-order valence-electron chi connectivity index (χ1n) is 14.9. The molecule has 3 aromatic carbocycles. The molecule has 0 aliphatic carbocycles. The molecule has 230 valence electrons. The van der Waals surface area contributed by atoms with Crippen LogP contribution in [0, 0.1) is 0 Å². The molecule has 0 saturated carbocycles. The van der Waals surface area contributed by atoms with Gasteiger partial charge in [0.15, 0.2) is 0 Å². The minimum absolute atomic E-state index is 0.101. The average Bonchev–Trinajstić information content (AvgIpc) is 2.84. The van der Waals surface area contributed by atoms with Crippen LogP contribution >= 0.6 is 17.8 Å². The second-order valence-corrected chi connectivity index (χ2v) is 27.3. The maximum absolute atomic E-state index is 7.20. The number of aliphatic imine (C=N–C) groups is 2. The van der Waals surface area contributed by atoms with Crippen LogP contribution < -0.4 is 6.15 Å². The Balaban J connectivity index is 2.10. The van der Waals surface area contributed by atoms with Gasteiger partial charge >= 0.3 is 273 Å². The Bertz CT molecular complexity index is 1460. The first-order chi connectivity index (χ1) is 19.6. The molecular formula is C36H46Cl2N2O2Sn. The van der Waals surface area contributed by atoms with E-state index in [-0.39, 0.29) is 21.7 Å². The number of hydrogen-bond acceptors (Lipinski definition) is 4. The molecule has 43 heavy (non-hydrogen) atoms. The van der Waals surface area contributed by atoms with Crippen LogP contribution in [-0.2, 0) is 21.7 Å². The molecule has 1 heterocycles. The maximum atomic E-state index is 7.20. The van der Waals surface area contributed by atoms with E-state index in [2.05, 4.69) is 107 Å². The van der Waals surface area contributed by atoms with Crippen molar-refractivity contribution in [3.63, 3.8) is 0 Å². The van der Waals surface area contributed by atoms with Gasteiger partial charge in [0.1, 0.15) is 0 Å². The van der Waals surface area contributed by atoms with Crippen LogP contribution in [0.1, 0.15) is 116 Å². The van der Waals surface area contributed by atoms with Crippen LogP contribution in [0.25, 0.3) is 0 Å². The van der Waals surface area contributed by atoms with Gasteiger partial charge in [-0.1, -0.05) is 0 Å². The number of benzene rings is 3. The second kappa shape index (κ2) is 11.7. The van der Waals surface area contributed by atoms with E-state index in [1.165, 1.54) is 11.1 Å². The van der Waals surface area contributed by atoms with Crippen molar-refractivity contribution < 1.29 is 6.15 Å². The van der Waals surface area contributed by atoms with E-state index in [1.807, 2.05) is 36.7 Å². The molecule has 1 aliphatic rings. The van der Waals surface area contributed by atoms with Gasteiger partial charge in [0, 0.05) is 0 Å². The predicted octanol–water partition coefficient (Wildman–Crippen LogP) is 11.1. The fourth-order valence-corrected chi connectivity index (χ4v) is 9.77. The third kappa shape index (κ3) is 7.99. The molecule has 0 saturated heterocycles. The number of fused-ring (bicyclic) bond motifs is 3. The summed E-state index contributed by atoms with van der Waals surface area (Å²) in [6.45, 7) is 26.2. The van der Waals surface area contributed by atoms with Crippen LogP contribution in [0.4, 0.5) is 11.4 Å². The van der Waals surface area contributed by atoms with Crippen LogP contribution in [0.5, 0.6) is 11.5 Å². The van der Waals surface area contributed by atoms with Gasteiger partial charge in [0.25, 0.3) is 0 Å². The summed E-state index contributed by atoms with van der Waals surface area (Å²) in [4.78, 5) is 9.87. The summed E-state index contributed by atoms with van der Waals surface area (Å²) in [6, 6.07) is 16.6. The van der Waals surface area contributed by atoms with E-state index >= 15 is 0 Å². The molecule has 0 radical (unpaired) electrons. The van der Waals surface area contributed by atoms with Crippen molar-refractivity contribution in [2.75, 3.05) is 0 Å². The van der Waals surface area contributed by atoms with Crippen LogP contribution in [0.3, 0.4) is 0 Å².